The van der Waals surface area contributed by atoms with E-state index in [1.165, 1.54) is 12.1 Å². The van der Waals surface area contributed by atoms with Crippen LogP contribution in [0.3, 0.4) is 0 Å². The molecule has 0 radical (unpaired) electrons. The van der Waals surface area contributed by atoms with Gasteiger partial charge in [-0.2, -0.15) is 0 Å². The Bertz CT molecular complexity index is 612. The summed E-state index contributed by atoms with van der Waals surface area (Å²) < 4.78 is 0. The van der Waals surface area contributed by atoms with Crippen LogP contribution in [0.4, 0.5) is 0 Å². The van der Waals surface area contributed by atoms with Crippen LogP contribution < -0.4 is 11.2 Å². The Hall–Kier alpha value is -2.78. The molecule has 0 unspecified atom stereocenters. The van der Waals surface area contributed by atoms with E-state index in [9.17, 15) is 19.2 Å². The van der Waals surface area contributed by atoms with Crippen LogP contribution in [-0.2, 0) is 30.6 Å². The number of hydrogen-bond acceptors (Lipinski definition) is 7. The van der Waals surface area contributed by atoms with Gasteiger partial charge in [0.05, 0.1) is 5.56 Å². The van der Waals surface area contributed by atoms with Gasteiger partial charge in [0.25, 0.3) is 11.8 Å². The molecule has 1 fully saturated rings. The van der Waals surface area contributed by atoms with E-state index in [4.69, 9.17) is 10.7 Å². The fourth-order valence-corrected chi connectivity index (χ4v) is 1.88. The predicted octanol–water partition coefficient (Wildman–Crippen LogP) is -0.586. The molecule has 1 aliphatic rings. The first-order valence-corrected chi connectivity index (χ1v) is 6.76. The van der Waals surface area contributed by atoms with Crippen LogP contribution in [0.2, 0.25) is 0 Å². The average Bonchev–Trinajstić information content (AvgIpc) is 2.85. The molecule has 1 saturated heterocycles. The summed E-state index contributed by atoms with van der Waals surface area (Å²) in [4.78, 5) is 54.8. The fourth-order valence-electron chi connectivity index (χ4n) is 1.88. The smallest absolute Gasteiger partial charge is 0.350 e. The lowest BCUT2D eigenvalue weighted by molar-refractivity contribution is -0.172. The van der Waals surface area contributed by atoms with Crippen molar-refractivity contribution in [2.75, 3.05) is 6.61 Å². The third-order valence-electron chi connectivity index (χ3n) is 3.07. The van der Waals surface area contributed by atoms with Crippen molar-refractivity contribution in [2.24, 2.45) is 5.90 Å². The summed E-state index contributed by atoms with van der Waals surface area (Å²) in [5.74, 6) is 2.52. The molecule has 9 nitrogen and oxygen atoms in total. The predicted molar refractivity (Wildman–Crippen MR) is 74.9 cm³/mol. The second kappa shape index (κ2) is 7.47. The highest BCUT2D eigenvalue weighted by Gasteiger charge is 2.33. The summed E-state index contributed by atoms with van der Waals surface area (Å²) in [6, 6.07) is 6.14. The lowest BCUT2D eigenvalue weighted by atomic mass is 10.1. The van der Waals surface area contributed by atoms with Gasteiger partial charge in [0.2, 0.25) is 5.91 Å². The largest absolute Gasteiger partial charge is 0.363 e. The lowest BCUT2D eigenvalue weighted by Crippen LogP contribution is -2.32. The molecular formula is C14H15N3O6. The van der Waals surface area contributed by atoms with Crippen LogP contribution in [0.15, 0.2) is 24.3 Å². The molecule has 1 heterocycles. The van der Waals surface area contributed by atoms with Crippen LogP contribution >= 0.6 is 0 Å². The van der Waals surface area contributed by atoms with Gasteiger partial charge >= 0.3 is 5.97 Å². The number of amides is 3. The minimum atomic E-state index is -0.805. The van der Waals surface area contributed by atoms with Gasteiger partial charge in [0.1, 0.15) is 6.61 Å². The minimum absolute atomic E-state index is 0.0390. The Kier molecular flexibility index (Phi) is 5.39. The van der Waals surface area contributed by atoms with Crippen molar-refractivity contribution < 1.29 is 28.9 Å². The topological polar surface area (TPSA) is 128 Å². The molecule has 23 heavy (non-hydrogen) atoms. The van der Waals surface area contributed by atoms with Gasteiger partial charge in [-0.3, -0.25) is 19.2 Å². The molecule has 3 amide bonds. The maximum Gasteiger partial charge on any atom is 0.363 e. The van der Waals surface area contributed by atoms with Gasteiger partial charge in [-0.15, -0.1) is 5.06 Å². The number of hydroxylamine groups is 2. The first-order valence-electron chi connectivity index (χ1n) is 6.76. The lowest BCUT2D eigenvalue weighted by Gasteiger charge is -2.12. The van der Waals surface area contributed by atoms with Gasteiger partial charge < -0.3 is 10.2 Å². The molecule has 2 rings (SSSR count). The number of hydrogen-bond donors (Lipinski definition) is 2. The minimum Gasteiger partial charge on any atom is -0.350 e. The zero-order valence-electron chi connectivity index (χ0n) is 12.1. The molecule has 0 bridgehead atoms. The van der Waals surface area contributed by atoms with E-state index in [1.54, 1.807) is 12.1 Å². The van der Waals surface area contributed by atoms with Gasteiger partial charge in [0.15, 0.2) is 0 Å². The molecule has 1 aromatic rings. The number of carbonyl (C=O) groups excluding carboxylic acids is 4. The van der Waals surface area contributed by atoms with E-state index in [2.05, 4.69) is 10.2 Å². The molecule has 0 spiro atoms. The van der Waals surface area contributed by atoms with E-state index in [0.29, 0.717) is 5.06 Å². The average molecular weight is 321 g/mol. The first-order chi connectivity index (χ1) is 11.0. The Morgan fingerprint density at radius 1 is 1.13 bits per heavy atom. The van der Waals surface area contributed by atoms with Gasteiger partial charge in [-0.05, 0) is 17.7 Å². The molecule has 0 atom stereocenters. The Labute approximate surface area is 131 Å². The summed E-state index contributed by atoms with van der Waals surface area (Å²) >= 11 is 0. The summed E-state index contributed by atoms with van der Waals surface area (Å²) in [6.45, 7) is -0.0110. The van der Waals surface area contributed by atoms with Crippen molar-refractivity contribution in [3.63, 3.8) is 0 Å². The molecule has 0 aromatic heterocycles. The van der Waals surface area contributed by atoms with Crippen LogP contribution in [0, 0.1) is 0 Å². The molecule has 1 aromatic carbocycles. The van der Waals surface area contributed by atoms with Crippen molar-refractivity contribution in [1.29, 1.82) is 0 Å². The molecular weight excluding hydrogens is 306 g/mol. The Balaban J connectivity index is 1.91. The molecule has 9 heteroatoms. The summed E-state index contributed by atoms with van der Waals surface area (Å²) in [6.07, 6.45) is 0.0779. The number of imide groups is 1. The van der Waals surface area contributed by atoms with E-state index in [0.717, 1.165) is 5.56 Å². The summed E-state index contributed by atoms with van der Waals surface area (Å²) in [7, 11) is 0. The number of rotatable bonds is 6. The molecule has 122 valence electrons. The van der Waals surface area contributed by atoms with Crippen LogP contribution in [0.1, 0.15) is 28.8 Å². The van der Waals surface area contributed by atoms with Crippen LogP contribution in [0.25, 0.3) is 0 Å². The SMILES string of the molecule is NOCC(=O)NCc1ccc(C(=O)ON2C(=O)CCC2=O)cc1. The number of nitrogens with one attached hydrogen (secondary N) is 1. The van der Waals surface area contributed by atoms with Crippen molar-refractivity contribution in [1.82, 2.24) is 10.4 Å². The Morgan fingerprint density at radius 3 is 2.30 bits per heavy atom. The van der Waals surface area contributed by atoms with E-state index in [-0.39, 0.29) is 37.5 Å². The van der Waals surface area contributed by atoms with Crippen LogP contribution in [0.5, 0.6) is 0 Å². The molecule has 0 aliphatic carbocycles. The zero-order valence-corrected chi connectivity index (χ0v) is 12.1. The number of nitrogens with two attached hydrogens (primary N) is 1. The van der Waals surface area contributed by atoms with Crippen molar-refractivity contribution >= 4 is 23.7 Å². The third kappa shape index (κ3) is 4.34. The van der Waals surface area contributed by atoms with Gasteiger partial charge in [0, 0.05) is 19.4 Å². The second-order valence-corrected chi connectivity index (χ2v) is 4.75. The Morgan fingerprint density at radius 2 is 1.74 bits per heavy atom. The number of benzene rings is 1. The van der Waals surface area contributed by atoms with Gasteiger partial charge in [-0.1, -0.05) is 12.1 Å². The number of nitrogens with zero attached hydrogens (tertiary/aromatic N) is 1. The van der Waals surface area contributed by atoms with Gasteiger partial charge in [-0.25, -0.2) is 10.7 Å². The highest BCUT2D eigenvalue weighted by molar-refractivity contribution is 6.02. The fraction of sp³-hybridized carbons (Fsp3) is 0.286. The molecule has 3 N–H and O–H groups in total. The second-order valence-electron chi connectivity index (χ2n) is 4.75. The number of carbonyl (C=O) groups is 4. The normalized spacial score (nSPS) is 14.0. The molecule has 0 saturated carbocycles. The third-order valence-corrected chi connectivity index (χ3v) is 3.07. The monoisotopic (exact) mass is 321 g/mol. The van der Waals surface area contributed by atoms with E-state index < -0.39 is 17.8 Å². The summed E-state index contributed by atoms with van der Waals surface area (Å²) in [5, 5.41) is 3.05. The van der Waals surface area contributed by atoms with Crippen molar-refractivity contribution in [3.05, 3.63) is 35.4 Å². The molecule has 1 aliphatic heterocycles. The van der Waals surface area contributed by atoms with Crippen LogP contribution in [-0.4, -0.2) is 35.4 Å². The maximum atomic E-state index is 11.9. The van der Waals surface area contributed by atoms with Crippen molar-refractivity contribution in [2.45, 2.75) is 19.4 Å². The first kappa shape index (κ1) is 16.6. The highest BCUT2D eigenvalue weighted by Crippen LogP contribution is 2.14. The van der Waals surface area contributed by atoms with Crippen molar-refractivity contribution in [3.8, 4) is 0 Å². The van der Waals surface area contributed by atoms with E-state index >= 15 is 0 Å². The standard InChI is InChI=1S/C14H15N3O6/c15-22-8-11(18)16-7-9-1-3-10(4-2-9)14(21)23-17-12(19)5-6-13(17)20/h1-4H,5-8,15H2,(H,16,18). The summed E-state index contributed by atoms with van der Waals surface area (Å²) in [5.41, 5.74) is 0.915. The quantitative estimate of drug-likeness (QED) is 0.529. The highest BCUT2D eigenvalue weighted by atomic mass is 16.7. The maximum absolute atomic E-state index is 11.9. The van der Waals surface area contributed by atoms with E-state index in [1.807, 2.05) is 0 Å². The zero-order chi connectivity index (χ0) is 16.8.